The molecule has 4 aromatic heterocycles. The predicted octanol–water partition coefficient (Wildman–Crippen LogP) is 18.6. The van der Waals surface area contributed by atoms with Crippen LogP contribution in [0.2, 0.25) is 0 Å². The number of para-hydroxylation sites is 4. The third kappa shape index (κ3) is 8.11. The Morgan fingerprint density at radius 2 is 1.08 bits per heavy atom. The fourth-order valence-corrected chi connectivity index (χ4v) is 12.2. The summed E-state index contributed by atoms with van der Waals surface area (Å²) < 4.78 is 106. The smallest absolute Gasteiger partial charge is 0.268 e. The molecule has 0 radical (unpaired) electrons. The van der Waals surface area contributed by atoms with Gasteiger partial charge in [-0.15, -0.1) is 29.7 Å². The van der Waals surface area contributed by atoms with Crippen LogP contribution in [0, 0.1) is 18.5 Å². The molecule has 0 aliphatic carbocycles. The normalized spacial score (nSPS) is 13.6. The largest absolute Gasteiger partial charge is 0.510 e. The maximum absolute atomic E-state index is 9.46. The topological polar surface area (TPSA) is 40.8 Å². The second kappa shape index (κ2) is 19.7. The van der Waals surface area contributed by atoms with E-state index in [-0.39, 0.29) is 49.7 Å². The molecule has 16 rings (SSSR count). The van der Waals surface area contributed by atoms with Gasteiger partial charge in [0.1, 0.15) is 5.82 Å². The Labute approximate surface area is 509 Å². The van der Waals surface area contributed by atoms with Crippen LogP contribution in [0.1, 0.15) is 40.0 Å². The molecule has 1 aliphatic heterocycles. The molecule has 398 valence electrons. The van der Waals surface area contributed by atoms with Crippen molar-refractivity contribution < 1.29 is 44.1 Å². The van der Waals surface area contributed by atoms with Crippen LogP contribution in [-0.4, -0.2) is 18.7 Å². The van der Waals surface area contributed by atoms with Crippen molar-refractivity contribution in [3.05, 3.63) is 279 Å². The predicted molar refractivity (Wildman–Crippen MR) is 334 cm³/mol. The molecule has 0 spiro atoms. The number of aromatic nitrogens is 5. The maximum Gasteiger partial charge on any atom is 0.268 e. The Hall–Kier alpha value is -9.87. The molecule has 83 heavy (non-hydrogen) atoms. The number of benzene rings is 11. The fraction of sp³-hybridized carbons (Fsp3) is 0.0526. The van der Waals surface area contributed by atoms with Gasteiger partial charge in [-0.3, -0.25) is 4.57 Å². The maximum atomic E-state index is 9.46. The standard InChI is InChI=1S/C76H51N5O.Pt/c1-76(2,3)52-41-42-77-72(45-52)81-68-37-17-14-30-60(68)61-40-39-55(47-70(61)81)82-54-26-18-25-53(46-54)78-48-79-74-64(34-20-38-69(74)80-66-35-15-12-28-58(66)59-29-13-16-36-67(59)80)63-33-19-32-56(50-23-8-5-9-24-50)73(63)62-31-11-10-27-57(62)65-43-51(44-71(78)75(65)79)49-21-6-4-7-22-49;/h4-45H,1-3H3;/q-2;/i4D,5D,6D,7D,8D,9D,21D,22D,23D,24D;. The van der Waals surface area contributed by atoms with Crippen LogP contribution in [-0.2, 0) is 26.5 Å². The van der Waals surface area contributed by atoms with Crippen molar-refractivity contribution in [2.24, 2.45) is 0 Å². The summed E-state index contributed by atoms with van der Waals surface area (Å²) in [7, 11) is 0. The van der Waals surface area contributed by atoms with Gasteiger partial charge in [0.2, 0.25) is 0 Å². The van der Waals surface area contributed by atoms with Gasteiger partial charge in [-0.25, -0.2) is 4.98 Å². The first-order chi connectivity index (χ1) is 44.5. The van der Waals surface area contributed by atoms with E-state index in [1.807, 2.05) is 149 Å². The van der Waals surface area contributed by atoms with Crippen molar-refractivity contribution in [1.29, 1.82) is 0 Å². The number of nitrogens with zero attached hydrogens (tertiary/aromatic N) is 5. The van der Waals surface area contributed by atoms with Gasteiger partial charge in [0.25, 0.3) is 6.33 Å². The van der Waals surface area contributed by atoms with Crippen LogP contribution < -0.4 is 9.30 Å². The van der Waals surface area contributed by atoms with Gasteiger partial charge < -0.3 is 18.4 Å². The minimum Gasteiger partial charge on any atom is -0.510 e. The van der Waals surface area contributed by atoms with E-state index in [0.717, 1.165) is 60.7 Å². The number of hydrogen-bond acceptors (Lipinski definition) is 2. The van der Waals surface area contributed by atoms with Crippen LogP contribution >= 0.6 is 0 Å². The number of fused-ring (bicyclic) bond motifs is 13. The Balaban J connectivity index is 0.00000716. The Bertz CT molecular complexity index is 5600. The van der Waals surface area contributed by atoms with Gasteiger partial charge >= 0.3 is 0 Å². The first-order valence-corrected chi connectivity index (χ1v) is 27.1. The second-order valence-electron chi connectivity index (χ2n) is 21.6. The van der Waals surface area contributed by atoms with Gasteiger partial charge in [0, 0.05) is 55.1 Å². The van der Waals surface area contributed by atoms with E-state index in [2.05, 4.69) is 96.9 Å². The van der Waals surface area contributed by atoms with Gasteiger partial charge in [-0.1, -0.05) is 202 Å². The summed E-state index contributed by atoms with van der Waals surface area (Å²) in [4.78, 5) is 4.89. The van der Waals surface area contributed by atoms with E-state index in [0.29, 0.717) is 78.4 Å². The van der Waals surface area contributed by atoms with Crippen molar-refractivity contribution >= 4 is 54.6 Å². The van der Waals surface area contributed by atoms with Gasteiger partial charge in [0.15, 0.2) is 0 Å². The fourth-order valence-electron chi connectivity index (χ4n) is 12.2. The van der Waals surface area contributed by atoms with Crippen molar-refractivity contribution in [1.82, 2.24) is 18.7 Å². The van der Waals surface area contributed by atoms with Crippen LogP contribution in [0.25, 0.3) is 133 Å². The summed E-state index contributed by atoms with van der Waals surface area (Å²) >= 11 is 0. The zero-order valence-electron chi connectivity index (χ0n) is 54.9. The third-order valence-corrected chi connectivity index (χ3v) is 15.8. The van der Waals surface area contributed by atoms with Crippen LogP contribution in [0.3, 0.4) is 0 Å². The molecule has 1 aliphatic rings. The SMILES string of the molecule is [2H]c1c([2H])c([2H])c(-c2cc3c4c(c2)n(-c2[c-]c(Oc5[c-]c6c(cc5)c5ccccc5n6-c5cc(C(C)(C)C)ccn5)ccc2)[c-][n+]4-c2c(cccc2-n2c4ccccc4c4ccccc42)-c2cccc(-c4c([2H])c([2H])c([2H])c([2H])c4[2H])c2-c2ccccc2-3)c([2H])c1[2H].[Pt]. The minimum atomic E-state index is -0.530. The van der Waals surface area contributed by atoms with Crippen molar-refractivity contribution in [2.75, 3.05) is 0 Å². The Morgan fingerprint density at radius 3 is 1.82 bits per heavy atom. The molecular weight excluding hydrogens is 1190 g/mol. The van der Waals surface area contributed by atoms with E-state index in [9.17, 15) is 5.48 Å². The van der Waals surface area contributed by atoms with E-state index in [4.69, 9.17) is 17.9 Å². The molecule has 11 aromatic carbocycles. The summed E-state index contributed by atoms with van der Waals surface area (Å²) in [6.45, 7) is 6.54. The van der Waals surface area contributed by atoms with Gasteiger partial charge in [-0.2, -0.15) is 18.2 Å². The minimum absolute atomic E-state index is 0. The first kappa shape index (κ1) is 40.3. The van der Waals surface area contributed by atoms with E-state index in [1.54, 1.807) is 6.07 Å². The van der Waals surface area contributed by atoms with Crippen LogP contribution in [0.15, 0.2) is 255 Å². The molecule has 7 heteroatoms. The molecule has 0 amide bonds. The van der Waals surface area contributed by atoms with Crippen molar-refractivity contribution in [2.45, 2.75) is 26.2 Å². The zero-order chi connectivity index (χ0) is 63.3. The summed E-state index contributed by atoms with van der Waals surface area (Å²) in [5.41, 5.74) is 12.1. The monoisotopic (exact) mass is 1250 g/mol. The van der Waals surface area contributed by atoms with Crippen molar-refractivity contribution in [3.8, 4) is 90.0 Å². The second-order valence-corrected chi connectivity index (χ2v) is 21.6. The van der Waals surface area contributed by atoms with E-state index < -0.39 is 48.3 Å². The van der Waals surface area contributed by atoms with Gasteiger partial charge in [-0.05, 0) is 120 Å². The molecule has 6 nitrogen and oxygen atoms in total. The average molecular weight is 1260 g/mol. The summed E-state index contributed by atoms with van der Waals surface area (Å²) in [5, 5.41) is 4.06. The molecule has 5 heterocycles. The summed E-state index contributed by atoms with van der Waals surface area (Å²) in [6, 6.07) is 64.2. The molecule has 0 atom stereocenters. The van der Waals surface area contributed by atoms with Crippen molar-refractivity contribution in [3.63, 3.8) is 0 Å². The Kier molecular flexibility index (Phi) is 9.57. The van der Waals surface area contributed by atoms with E-state index in [1.165, 1.54) is 0 Å². The van der Waals surface area contributed by atoms with E-state index >= 15 is 0 Å². The quantitative estimate of drug-likeness (QED) is 0.118. The average Bonchev–Trinajstić information content (AvgIpc) is 1.60. The third-order valence-electron chi connectivity index (χ3n) is 15.8. The number of hydrogen-bond donors (Lipinski definition) is 0. The summed E-state index contributed by atoms with van der Waals surface area (Å²) in [5.74, 6) is 1.53. The zero-order valence-corrected chi connectivity index (χ0v) is 47.2. The molecule has 0 saturated carbocycles. The number of pyridine rings is 1. The molecule has 0 fully saturated rings. The number of imidazole rings is 1. The molecule has 0 unspecified atom stereocenters. The number of ether oxygens (including phenoxy) is 1. The van der Waals surface area contributed by atoms with Crippen LogP contribution in [0.4, 0.5) is 0 Å². The first-order valence-electron chi connectivity index (χ1n) is 32.1. The molecule has 15 aromatic rings. The van der Waals surface area contributed by atoms with Gasteiger partial charge in [0.05, 0.1) is 47.1 Å². The molecule has 0 saturated heterocycles. The number of rotatable bonds is 7. The molecule has 0 bridgehead atoms. The Morgan fingerprint density at radius 1 is 0.482 bits per heavy atom. The van der Waals surface area contributed by atoms with Crippen LogP contribution in [0.5, 0.6) is 11.5 Å². The molecule has 0 N–H and O–H groups in total. The molecular formula is C76H51N5OPt-2. The summed E-state index contributed by atoms with van der Waals surface area (Å²) in [6.07, 6.45) is 5.69.